The van der Waals surface area contributed by atoms with E-state index in [0.717, 1.165) is 22.3 Å². The van der Waals surface area contributed by atoms with Gasteiger partial charge in [-0.05, 0) is 43.0 Å². The van der Waals surface area contributed by atoms with Crippen molar-refractivity contribution in [2.45, 2.75) is 38.0 Å². The average molecular weight is 426 g/mol. The van der Waals surface area contributed by atoms with Gasteiger partial charge >= 0.3 is 17.9 Å². The smallest absolute Gasteiger partial charge is 0.342 e. The second kappa shape index (κ2) is 8.13. The zero-order chi connectivity index (χ0) is 23.0. The standard InChI is InChI=1S/C23H26N2O6/c1-22(2,3)31-20(28)18(19(26)27)23(24,25)21(29)30-12-17-15-10-6-4-8-13(15)14-9-5-7-11-16(14)17/h4-11,17-18H,12,24-25H2,1-3H3,(H,26,27). The monoisotopic (exact) mass is 426 g/mol. The average Bonchev–Trinajstić information content (AvgIpc) is 2.98. The lowest BCUT2D eigenvalue weighted by Crippen LogP contribution is -2.67. The van der Waals surface area contributed by atoms with Gasteiger partial charge in [0.05, 0.1) is 0 Å². The summed E-state index contributed by atoms with van der Waals surface area (Å²) < 4.78 is 10.4. The molecule has 31 heavy (non-hydrogen) atoms. The number of rotatable bonds is 6. The van der Waals surface area contributed by atoms with Crippen LogP contribution in [0.5, 0.6) is 0 Å². The van der Waals surface area contributed by atoms with Crippen molar-refractivity contribution in [1.82, 2.24) is 0 Å². The maximum absolute atomic E-state index is 12.7. The second-order valence-corrected chi connectivity index (χ2v) is 8.56. The summed E-state index contributed by atoms with van der Waals surface area (Å²) in [5.74, 6) is -6.47. The minimum atomic E-state index is -2.61. The topological polar surface area (TPSA) is 142 Å². The maximum atomic E-state index is 12.7. The molecule has 1 aliphatic rings. The fourth-order valence-electron chi connectivity index (χ4n) is 3.70. The number of carboxylic acids is 1. The molecule has 0 radical (unpaired) electrons. The Morgan fingerprint density at radius 2 is 1.45 bits per heavy atom. The van der Waals surface area contributed by atoms with Crippen molar-refractivity contribution in [2.75, 3.05) is 6.61 Å². The van der Waals surface area contributed by atoms with E-state index in [2.05, 4.69) is 0 Å². The number of ether oxygens (including phenoxy) is 2. The fraction of sp³-hybridized carbons (Fsp3) is 0.348. The van der Waals surface area contributed by atoms with Crippen LogP contribution in [0.3, 0.4) is 0 Å². The first-order chi connectivity index (χ1) is 14.4. The summed E-state index contributed by atoms with van der Waals surface area (Å²) in [4.78, 5) is 36.8. The summed E-state index contributed by atoms with van der Waals surface area (Å²) in [5, 5.41) is 9.50. The summed E-state index contributed by atoms with van der Waals surface area (Å²) in [6.07, 6.45) is 0. The van der Waals surface area contributed by atoms with E-state index in [-0.39, 0.29) is 12.5 Å². The van der Waals surface area contributed by atoms with Crippen LogP contribution in [-0.4, -0.2) is 40.9 Å². The van der Waals surface area contributed by atoms with E-state index in [4.69, 9.17) is 20.9 Å². The number of aliphatic carboxylic acids is 1. The molecular weight excluding hydrogens is 400 g/mol. The molecule has 0 aromatic heterocycles. The van der Waals surface area contributed by atoms with Gasteiger partial charge in [0.2, 0.25) is 0 Å². The minimum absolute atomic E-state index is 0.107. The van der Waals surface area contributed by atoms with E-state index in [9.17, 15) is 19.5 Å². The van der Waals surface area contributed by atoms with Crippen LogP contribution in [-0.2, 0) is 23.9 Å². The molecule has 3 rings (SSSR count). The zero-order valence-electron chi connectivity index (χ0n) is 17.6. The summed E-state index contributed by atoms with van der Waals surface area (Å²) in [7, 11) is 0. The molecule has 8 nitrogen and oxygen atoms in total. The van der Waals surface area contributed by atoms with Gasteiger partial charge in [-0.1, -0.05) is 48.5 Å². The van der Waals surface area contributed by atoms with E-state index in [1.165, 1.54) is 0 Å². The van der Waals surface area contributed by atoms with Gasteiger partial charge in [0, 0.05) is 5.92 Å². The lowest BCUT2D eigenvalue weighted by Gasteiger charge is -2.30. The maximum Gasteiger partial charge on any atom is 0.342 e. The van der Waals surface area contributed by atoms with Gasteiger partial charge in [-0.2, -0.15) is 0 Å². The number of carbonyl (C=O) groups is 3. The molecule has 1 unspecified atom stereocenters. The molecule has 0 aliphatic heterocycles. The third-order valence-corrected chi connectivity index (χ3v) is 5.06. The third kappa shape index (κ3) is 4.45. The van der Waals surface area contributed by atoms with Gasteiger partial charge in [-0.15, -0.1) is 0 Å². The molecule has 0 saturated carbocycles. The Balaban J connectivity index is 1.81. The fourth-order valence-corrected chi connectivity index (χ4v) is 3.70. The Morgan fingerprint density at radius 3 is 1.90 bits per heavy atom. The van der Waals surface area contributed by atoms with Crippen LogP contribution in [0.15, 0.2) is 48.5 Å². The quantitative estimate of drug-likeness (QED) is 0.362. The Hall–Kier alpha value is -3.23. The van der Waals surface area contributed by atoms with Crippen molar-refractivity contribution < 1.29 is 29.0 Å². The number of fused-ring (bicyclic) bond motifs is 3. The highest BCUT2D eigenvalue weighted by molar-refractivity contribution is 6.01. The van der Waals surface area contributed by atoms with Gasteiger partial charge in [0.15, 0.2) is 11.6 Å². The number of carboxylic acid groups (broad SMARTS) is 1. The van der Waals surface area contributed by atoms with E-state index < -0.39 is 35.1 Å². The van der Waals surface area contributed by atoms with Crippen molar-refractivity contribution in [3.63, 3.8) is 0 Å². The Bertz CT molecular complexity index is 979. The Kier molecular flexibility index (Phi) is 5.89. The summed E-state index contributed by atoms with van der Waals surface area (Å²) >= 11 is 0. The number of carbonyl (C=O) groups excluding carboxylic acids is 2. The normalized spacial score (nSPS) is 14.4. The largest absolute Gasteiger partial charge is 0.480 e. The van der Waals surface area contributed by atoms with Gasteiger partial charge in [0.1, 0.15) is 12.2 Å². The predicted molar refractivity (Wildman–Crippen MR) is 113 cm³/mol. The summed E-state index contributed by atoms with van der Waals surface area (Å²) in [6, 6.07) is 15.5. The third-order valence-electron chi connectivity index (χ3n) is 5.06. The molecule has 0 saturated heterocycles. The first kappa shape index (κ1) is 22.5. The van der Waals surface area contributed by atoms with Crippen LogP contribution in [0.2, 0.25) is 0 Å². The number of hydrogen-bond acceptors (Lipinski definition) is 7. The van der Waals surface area contributed by atoms with Crippen LogP contribution >= 0.6 is 0 Å². The molecule has 164 valence electrons. The molecule has 0 bridgehead atoms. The molecule has 8 heteroatoms. The van der Waals surface area contributed by atoms with Crippen LogP contribution in [0, 0.1) is 5.92 Å². The van der Waals surface area contributed by atoms with E-state index >= 15 is 0 Å². The van der Waals surface area contributed by atoms with Gasteiger partial charge in [-0.3, -0.25) is 9.59 Å². The van der Waals surface area contributed by atoms with Crippen LogP contribution in [0.4, 0.5) is 0 Å². The van der Waals surface area contributed by atoms with E-state index in [1.807, 2.05) is 48.5 Å². The number of benzene rings is 2. The van der Waals surface area contributed by atoms with Crippen LogP contribution < -0.4 is 11.5 Å². The summed E-state index contributed by atoms with van der Waals surface area (Å²) in [6.45, 7) is 4.58. The van der Waals surface area contributed by atoms with Crippen molar-refractivity contribution >= 4 is 17.9 Å². The molecule has 0 fully saturated rings. The molecule has 2 aromatic carbocycles. The molecule has 0 heterocycles. The van der Waals surface area contributed by atoms with Crippen molar-refractivity contribution in [3.8, 4) is 11.1 Å². The van der Waals surface area contributed by atoms with Gasteiger partial charge < -0.3 is 26.0 Å². The second-order valence-electron chi connectivity index (χ2n) is 8.56. The van der Waals surface area contributed by atoms with Gasteiger partial charge in [-0.25, -0.2) is 4.79 Å². The van der Waals surface area contributed by atoms with E-state index in [0.29, 0.717) is 0 Å². The number of esters is 2. The molecule has 0 amide bonds. The number of hydrogen-bond donors (Lipinski definition) is 3. The molecule has 0 spiro atoms. The summed E-state index contributed by atoms with van der Waals surface area (Å²) in [5.41, 5.74) is 12.1. The highest BCUT2D eigenvalue weighted by Gasteiger charge is 2.51. The molecular formula is C23H26N2O6. The molecule has 2 aromatic rings. The zero-order valence-corrected chi connectivity index (χ0v) is 17.6. The van der Waals surface area contributed by atoms with Crippen molar-refractivity contribution in [2.24, 2.45) is 17.4 Å². The first-order valence-corrected chi connectivity index (χ1v) is 9.82. The molecule has 5 N–H and O–H groups in total. The highest BCUT2D eigenvalue weighted by atomic mass is 16.6. The predicted octanol–water partition coefficient (Wildman–Crippen LogP) is 2.00. The number of nitrogens with two attached hydrogens (primary N) is 2. The highest BCUT2D eigenvalue weighted by Crippen LogP contribution is 2.44. The Morgan fingerprint density at radius 1 is 0.968 bits per heavy atom. The van der Waals surface area contributed by atoms with Crippen LogP contribution in [0.1, 0.15) is 37.8 Å². The van der Waals surface area contributed by atoms with Gasteiger partial charge in [0.25, 0.3) is 0 Å². The molecule has 1 atom stereocenters. The van der Waals surface area contributed by atoms with Crippen molar-refractivity contribution in [1.29, 1.82) is 0 Å². The minimum Gasteiger partial charge on any atom is -0.480 e. The first-order valence-electron chi connectivity index (χ1n) is 9.82. The lowest BCUT2D eigenvalue weighted by atomic mass is 9.93. The van der Waals surface area contributed by atoms with E-state index in [1.54, 1.807) is 20.8 Å². The van der Waals surface area contributed by atoms with Crippen molar-refractivity contribution in [3.05, 3.63) is 59.7 Å². The Labute approximate surface area is 180 Å². The SMILES string of the molecule is CC(C)(C)OC(=O)C(C(=O)O)C(N)(N)C(=O)OCC1c2ccccc2-c2ccccc21. The van der Waals surface area contributed by atoms with Crippen LogP contribution in [0.25, 0.3) is 11.1 Å². The molecule has 1 aliphatic carbocycles. The lowest BCUT2D eigenvalue weighted by molar-refractivity contribution is -0.176.